The molecule has 4 heteroatoms. The van der Waals surface area contributed by atoms with Crippen molar-refractivity contribution in [2.45, 2.75) is 13.3 Å². The number of hydrogen-bond donors (Lipinski definition) is 1. The van der Waals surface area contributed by atoms with Gasteiger partial charge in [-0.2, -0.15) is 0 Å². The number of aryl methyl sites for hydroxylation is 1. The van der Waals surface area contributed by atoms with Crippen LogP contribution in [0.3, 0.4) is 0 Å². The molecule has 0 aliphatic rings. The third-order valence-corrected chi connectivity index (χ3v) is 3.55. The van der Waals surface area contributed by atoms with E-state index >= 15 is 0 Å². The van der Waals surface area contributed by atoms with E-state index in [1.165, 1.54) is 0 Å². The van der Waals surface area contributed by atoms with Gasteiger partial charge in [-0.05, 0) is 61.3 Å². The highest BCUT2D eigenvalue weighted by Gasteiger charge is 2.08. The summed E-state index contributed by atoms with van der Waals surface area (Å²) in [6, 6.07) is 11.6. The van der Waals surface area contributed by atoms with Crippen molar-refractivity contribution in [2.24, 2.45) is 5.73 Å². The Morgan fingerprint density at radius 2 is 1.95 bits per heavy atom. The van der Waals surface area contributed by atoms with Gasteiger partial charge in [0.05, 0.1) is 5.02 Å². The Balaban J connectivity index is 2.34. The summed E-state index contributed by atoms with van der Waals surface area (Å²) in [6.07, 6.45) is 0.762. The van der Waals surface area contributed by atoms with Crippen molar-refractivity contribution < 1.29 is 4.74 Å². The van der Waals surface area contributed by atoms with Crippen LogP contribution >= 0.6 is 27.5 Å². The van der Waals surface area contributed by atoms with Crippen molar-refractivity contribution in [3.8, 4) is 11.5 Å². The predicted octanol–water partition coefficient (Wildman–Crippen LogP) is 4.70. The first-order valence-electron chi connectivity index (χ1n) is 6.02. The highest BCUT2D eigenvalue weighted by molar-refractivity contribution is 9.10. The molecule has 0 heterocycles. The van der Waals surface area contributed by atoms with Crippen molar-refractivity contribution in [1.82, 2.24) is 0 Å². The highest BCUT2D eigenvalue weighted by Crippen LogP contribution is 2.33. The van der Waals surface area contributed by atoms with Crippen LogP contribution in [-0.2, 0) is 6.42 Å². The van der Waals surface area contributed by atoms with Crippen LogP contribution in [-0.4, -0.2) is 6.54 Å². The molecule has 0 aliphatic carbocycles. The second kappa shape index (κ2) is 6.42. The van der Waals surface area contributed by atoms with Crippen LogP contribution in [0.25, 0.3) is 0 Å². The first-order valence-corrected chi connectivity index (χ1v) is 7.20. The van der Waals surface area contributed by atoms with Crippen LogP contribution in [0.1, 0.15) is 11.1 Å². The summed E-state index contributed by atoms with van der Waals surface area (Å²) in [7, 11) is 0. The molecule has 0 aliphatic heterocycles. The fourth-order valence-corrected chi connectivity index (χ4v) is 2.37. The average molecular weight is 341 g/mol. The largest absolute Gasteiger partial charge is 0.456 e. The van der Waals surface area contributed by atoms with E-state index < -0.39 is 0 Å². The molecule has 100 valence electrons. The van der Waals surface area contributed by atoms with Crippen LogP contribution in [0, 0.1) is 6.92 Å². The lowest BCUT2D eigenvalue weighted by molar-refractivity contribution is 0.476. The van der Waals surface area contributed by atoms with Crippen molar-refractivity contribution in [3.05, 3.63) is 57.0 Å². The molecule has 2 N–H and O–H groups in total. The Kier molecular flexibility index (Phi) is 4.86. The number of benzene rings is 2. The Labute approximate surface area is 126 Å². The Bertz CT molecular complexity index is 586. The van der Waals surface area contributed by atoms with Gasteiger partial charge in [0.25, 0.3) is 0 Å². The molecule has 19 heavy (non-hydrogen) atoms. The van der Waals surface area contributed by atoms with Crippen LogP contribution < -0.4 is 10.5 Å². The van der Waals surface area contributed by atoms with Gasteiger partial charge in [-0.3, -0.25) is 0 Å². The summed E-state index contributed by atoms with van der Waals surface area (Å²) in [6.45, 7) is 2.58. The van der Waals surface area contributed by atoms with Gasteiger partial charge < -0.3 is 10.5 Å². The van der Waals surface area contributed by atoms with Gasteiger partial charge in [0.15, 0.2) is 0 Å². The topological polar surface area (TPSA) is 35.2 Å². The van der Waals surface area contributed by atoms with Gasteiger partial charge in [0.1, 0.15) is 11.5 Å². The molecular formula is C15H15BrClNO. The third-order valence-electron chi connectivity index (χ3n) is 2.74. The second-order valence-corrected chi connectivity index (χ2v) is 5.65. The molecule has 2 rings (SSSR count). The third kappa shape index (κ3) is 3.72. The monoisotopic (exact) mass is 339 g/mol. The molecule has 0 bridgehead atoms. The van der Waals surface area contributed by atoms with Gasteiger partial charge in [0, 0.05) is 4.47 Å². The number of ether oxygens (including phenoxy) is 1. The van der Waals surface area contributed by atoms with E-state index in [1.54, 1.807) is 0 Å². The first-order chi connectivity index (χ1) is 9.10. The predicted molar refractivity (Wildman–Crippen MR) is 83.2 cm³/mol. The summed E-state index contributed by atoms with van der Waals surface area (Å²) in [5.41, 5.74) is 7.80. The smallest absolute Gasteiger partial charge is 0.146 e. The molecule has 0 fully saturated rings. The molecule has 0 aromatic heterocycles. The van der Waals surface area contributed by atoms with Crippen LogP contribution in [0.5, 0.6) is 11.5 Å². The second-order valence-electron chi connectivity index (χ2n) is 4.33. The van der Waals surface area contributed by atoms with Crippen molar-refractivity contribution in [1.29, 1.82) is 0 Å². The van der Waals surface area contributed by atoms with Gasteiger partial charge in [-0.25, -0.2) is 0 Å². The van der Waals surface area contributed by atoms with E-state index in [0.717, 1.165) is 27.8 Å². The van der Waals surface area contributed by atoms with E-state index in [0.29, 0.717) is 17.3 Å². The number of hydrogen-bond acceptors (Lipinski definition) is 2. The molecular weight excluding hydrogens is 326 g/mol. The number of halogens is 2. The van der Waals surface area contributed by atoms with E-state index in [9.17, 15) is 0 Å². The zero-order valence-corrected chi connectivity index (χ0v) is 13.0. The molecule has 0 spiro atoms. The standard InChI is InChI=1S/C15H15BrClNO/c1-10-2-4-13(17)15(8-10)19-14-5-3-12(16)9-11(14)6-7-18/h2-5,8-9H,6-7,18H2,1H3. The normalized spacial score (nSPS) is 10.5. The molecule has 2 aromatic carbocycles. The van der Waals surface area contributed by atoms with Crippen LogP contribution in [0.15, 0.2) is 40.9 Å². The fourth-order valence-electron chi connectivity index (χ4n) is 1.81. The van der Waals surface area contributed by atoms with E-state index in [1.807, 2.05) is 43.3 Å². The van der Waals surface area contributed by atoms with Gasteiger partial charge in [-0.15, -0.1) is 0 Å². The van der Waals surface area contributed by atoms with Gasteiger partial charge in [-0.1, -0.05) is 33.6 Å². The Morgan fingerprint density at radius 3 is 2.68 bits per heavy atom. The lowest BCUT2D eigenvalue weighted by atomic mass is 10.1. The number of nitrogens with two attached hydrogens (primary N) is 1. The highest BCUT2D eigenvalue weighted by atomic mass is 79.9. The fraction of sp³-hybridized carbons (Fsp3) is 0.200. The maximum Gasteiger partial charge on any atom is 0.146 e. The molecule has 0 saturated heterocycles. The lowest BCUT2D eigenvalue weighted by Crippen LogP contribution is -2.04. The molecule has 0 amide bonds. The van der Waals surface area contributed by atoms with Crippen molar-refractivity contribution >= 4 is 27.5 Å². The van der Waals surface area contributed by atoms with Gasteiger partial charge >= 0.3 is 0 Å². The Hall–Kier alpha value is -1.03. The summed E-state index contributed by atoms with van der Waals surface area (Å²) in [4.78, 5) is 0. The molecule has 2 nitrogen and oxygen atoms in total. The zero-order chi connectivity index (χ0) is 13.8. The van der Waals surface area contributed by atoms with Gasteiger partial charge in [0.2, 0.25) is 0 Å². The minimum Gasteiger partial charge on any atom is -0.456 e. The molecule has 0 saturated carbocycles. The summed E-state index contributed by atoms with van der Waals surface area (Å²) < 4.78 is 6.93. The summed E-state index contributed by atoms with van der Waals surface area (Å²) in [5, 5.41) is 0.604. The first kappa shape index (κ1) is 14.4. The maximum absolute atomic E-state index is 6.15. The van der Waals surface area contributed by atoms with E-state index in [4.69, 9.17) is 22.1 Å². The van der Waals surface area contributed by atoms with Crippen molar-refractivity contribution in [3.63, 3.8) is 0 Å². The minimum atomic E-state index is 0.578. The van der Waals surface area contributed by atoms with E-state index in [2.05, 4.69) is 15.9 Å². The SMILES string of the molecule is Cc1ccc(Cl)c(Oc2ccc(Br)cc2CCN)c1. The zero-order valence-electron chi connectivity index (χ0n) is 10.6. The maximum atomic E-state index is 6.15. The molecule has 0 radical (unpaired) electrons. The Morgan fingerprint density at radius 1 is 1.16 bits per heavy atom. The molecule has 0 atom stereocenters. The van der Waals surface area contributed by atoms with Crippen LogP contribution in [0.2, 0.25) is 5.02 Å². The summed E-state index contributed by atoms with van der Waals surface area (Å²) >= 11 is 9.60. The molecule has 2 aromatic rings. The minimum absolute atomic E-state index is 0.578. The van der Waals surface area contributed by atoms with Crippen molar-refractivity contribution in [2.75, 3.05) is 6.54 Å². The molecule has 0 unspecified atom stereocenters. The lowest BCUT2D eigenvalue weighted by Gasteiger charge is -2.13. The van der Waals surface area contributed by atoms with Crippen LogP contribution in [0.4, 0.5) is 0 Å². The van der Waals surface area contributed by atoms with E-state index in [-0.39, 0.29) is 0 Å². The quantitative estimate of drug-likeness (QED) is 0.875. The average Bonchev–Trinajstić information content (AvgIpc) is 2.37. The number of rotatable bonds is 4. The summed E-state index contributed by atoms with van der Waals surface area (Å²) in [5.74, 6) is 1.46.